The summed E-state index contributed by atoms with van der Waals surface area (Å²) in [6.45, 7) is 1.98. The first-order chi connectivity index (χ1) is 15.1. The van der Waals surface area contributed by atoms with Gasteiger partial charge in [0.05, 0.1) is 28.0 Å². The van der Waals surface area contributed by atoms with Gasteiger partial charge in [0.1, 0.15) is 5.75 Å². The molecule has 3 aromatic heterocycles. The lowest BCUT2D eigenvalue weighted by Crippen LogP contribution is -2.22. The van der Waals surface area contributed by atoms with E-state index in [1.54, 1.807) is 34.8 Å². The molecule has 0 radical (unpaired) electrons. The maximum Gasteiger partial charge on any atom is 0.267 e. The molecule has 5 aromatic rings. The number of para-hydroxylation sites is 1. The molecular formula is C22H17ClN4O2S2. The fourth-order valence-corrected chi connectivity index (χ4v) is 5.60. The second-order valence-corrected chi connectivity index (χ2v) is 9.69. The quantitative estimate of drug-likeness (QED) is 0.325. The average molecular weight is 469 g/mol. The van der Waals surface area contributed by atoms with E-state index in [1.165, 1.54) is 0 Å². The van der Waals surface area contributed by atoms with Gasteiger partial charge in [0.25, 0.3) is 5.56 Å². The molecule has 0 saturated carbocycles. The molecule has 0 atom stereocenters. The van der Waals surface area contributed by atoms with Crippen molar-refractivity contribution in [3.8, 4) is 11.4 Å². The molecule has 0 aliphatic rings. The molecule has 0 spiro atoms. The van der Waals surface area contributed by atoms with E-state index in [2.05, 4.69) is 10.2 Å². The monoisotopic (exact) mass is 468 g/mol. The molecule has 9 heteroatoms. The molecule has 0 unspecified atom stereocenters. The number of thioether (sulfide) groups is 1. The topological polar surface area (TPSA) is 61.4 Å². The van der Waals surface area contributed by atoms with Gasteiger partial charge < -0.3 is 4.74 Å². The van der Waals surface area contributed by atoms with Crippen LogP contribution in [0.15, 0.2) is 64.5 Å². The van der Waals surface area contributed by atoms with Crippen LogP contribution in [0.3, 0.4) is 0 Å². The van der Waals surface area contributed by atoms with Crippen molar-refractivity contribution in [2.45, 2.75) is 17.8 Å². The zero-order valence-electron chi connectivity index (χ0n) is 16.7. The second kappa shape index (κ2) is 8.03. The number of aromatic nitrogens is 4. The zero-order valence-corrected chi connectivity index (χ0v) is 19.1. The molecule has 0 bridgehead atoms. The van der Waals surface area contributed by atoms with Crippen molar-refractivity contribution in [1.82, 2.24) is 19.2 Å². The smallest absolute Gasteiger partial charge is 0.267 e. The molecule has 2 aromatic carbocycles. The van der Waals surface area contributed by atoms with E-state index in [0.717, 1.165) is 20.3 Å². The minimum absolute atomic E-state index is 0.166. The highest BCUT2D eigenvalue weighted by molar-refractivity contribution is 7.98. The molecule has 6 nitrogen and oxygen atoms in total. The Bertz CT molecular complexity index is 1490. The number of nitrogens with zero attached hydrogens (tertiary/aromatic N) is 4. The van der Waals surface area contributed by atoms with Gasteiger partial charge in [0.2, 0.25) is 5.78 Å². The molecule has 31 heavy (non-hydrogen) atoms. The Labute approximate surface area is 191 Å². The van der Waals surface area contributed by atoms with Crippen LogP contribution in [-0.4, -0.2) is 26.3 Å². The standard InChI is InChI=1S/C22H17ClN4O2S2/c1-13-7-9-18(29-2)17(11-13)26-20(28)15-5-3-4-6-16(15)27-21(26)24-25-22(27)30-12-14-8-10-19(23)31-14/h3-11H,12H2,1-2H3. The van der Waals surface area contributed by atoms with Gasteiger partial charge in [-0.15, -0.1) is 21.5 Å². The summed E-state index contributed by atoms with van der Waals surface area (Å²) in [5.41, 5.74) is 2.25. The predicted octanol–water partition coefficient (Wildman–Crippen LogP) is 5.36. The SMILES string of the molecule is COc1ccc(C)cc1-n1c(=O)c2ccccc2n2c(SCc3ccc(Cl)s3)nnc12. The Morgan fingerprint density at radius 2 is 1.97 bits per heavy atom. The van der Waals surface area contributed by atoms with Gasteiger partial charge in [-0.25, -0.2) is 4.57 Å². The summed E-state index contributed by atoms with van der Waals surface area (Å²) in [7, 11) is 1.59. The number of rotatable bonds is 5. The zero-order chi connectivity index (χ0) is 21.5. The normalized spacial score (nSPS) is 11.5. The van der Waals surface area contributed by atoms with Gasteiger partial charge in [-0.2, -0.15) is 0 Å². The lowest BCUT2D eigenvalue weighted by atomic mass is 10.2. The van der Waals surface area contributed by atoms with Crippen molar-refractivity contribution < 1.29 is 4.74 Å². The van der Waals surface area contributed by atoms with Crippen molar-refractivity contribution in [3.05, 3.63) is 79.7 Å². The number of halogens is 1. The highest BCUT2D eigenvalue weighted by atomic mass is 35.5. The number of hydrogen-bond donors (Lipinski definition) is 0. The lowest BCUT2D eigenvalue weighted by molar-refractivity contribution is 0.412. The Morgan fingerprint density at radius 1 is 1.13 bits per heavy atom. The molecule has 0 N–H and O–H groups in total. The molecular weight excluding hydrogens is 452 g/mol. The summed E-state index contributed by atoms with van der Waals surface area (Å²) in [5, 5.41) is 10.1. The van der Waals surface area contributed by atoms with Gasteiger partial charge in [-0.05, 0) is 48.9 Å². The number of thiophene rings is 1. The first-order valence-electron chi connectivity index (χ1n) is 9.48. The van der Waals surface area contributed by atoms with Crippen molar-refractivity contribution in [3.63, 3.8) is 0 Å². The van der Waals surface area contributed by atoms with Crippen LogP contribution in [0.25, 0.3) is 22.4 Å². The highest BCUT2D eigenvalue weighted by Gasteiger charge is 2.20. The first-order valence-corrected chi connectivity index (χ1v) is 11.7. The highest BCUT2D eigenvalue weighted by Crippen LogP contribution is 2.31. The Balaban J connectivity index is 1.77. The van der Waals surface area contributed by atoms with E-state index in [1.807, 2.05) is 65.9 Å². The largest absolute Gasteiger partial charge is 0.495 e. The summed E-state index contributed by atoms with van der Waals surface area (Å²) in [5.74, 6) is 1.74. The molecule has 5 rings (SSSR count). The molecule has 0 saturated heterocycles. The first kappa shape index (κ1) is 20.1. The van der Waals surface area contributed by atoms with E-state index < -0.39 is 0 Å². The van der Waals surface area contributed by atoms with E-state index in [9.17, 15) is 4.79 Å². The Kier molecular flexibility index (Phi) is 5.21. The maximum atomic E-state index is 13.5. The molecule has 0 aliphatic heterocycles. The number of aryl methyl sites for hydroxylation is 1. The van der Waals surface area contributed by atoms with Crippen LogP contribution >= 0.6 is 34.7 Å². The fraction of sp³-hybridized carbons (Fsp3) is 0.136. The minimum Gasteiger partial charge on any atom is -0.495 e. The van der Waals surface area contributed by atoms with E-state index >= 15 is 0 Å². The van der Waals surface area contributed by atoms with Crippen molar-refractivity contribution >= 4 is 51.4 Å². The fourth-order valence-electron chi connectivity index (χ4n) is 3.53. The number of ether oxygens (including phenoxy) is 1. The van der Waals surface area contributed by atoms with Crippen LogP contribution in [0, 0.1) is 6.92 Å². The summed E-state index contributed by atoms with van der Waals surface area (Å²) in [6, 6.07) is 17.1. The van der Waals surface area contributed by atoms with Gasteiger partial charge in [0, 0.05) is 10.6 Å². The average Bonchev–Trinajstić information content (AvgIpc) is 3.39. The second-order valence-electron chi connectivity index (χ2n) is 6.95. The van der Waals surface area contributed by atoms with Gasteiger partial charge in [-0.3, -0.25) is 9.20 Å². The Hall–Kier alpha value is -2.81. The molecule has 0 fully saturated rings. The third-order valence-corrected chi connectivity index (χ3v) is 7.33. The van der Waals surface area contributed by atoms with Gasteiger partial charge in [0.15, 0.2) is 5.16 Å². The van der Waals surface area contributed by atoms with Crippen molar-refractivity contribution in [2.24, 2.45) is 0 Å². The third kappa shape index (κ3) is 3.50. The van der Waals surface area contributed by atoms with Crippen LogP contribution in [0.5, 0.6) is 5.75 Å². The van der Waals surface area contributed by atoms with E-state index in [0.29, 0.717) is 33.5 Å². The number of fused-ring (bicyclic) bond motifs is 3. The van der Waals surface area contributed by atoms with Crippen LogP contribution in [-0.2, 0) is 5.75 Å². The van der Waals surface area contributed by atoms with E-state index in [4.69, 9.17) is 16.3 Å². The van der Waals surface area contributed by atoms with Crippen molar-refractivity contribution in [1.29, 1.82) is 0 Å². The maximum absolute atomic E-state index is 13.5. The van der Waals surface area contributed by atoms with Crippen LogP contribution < -0.4 is 10.3 Å². The van der Waals surface area contributed by atoms with Crippen LogP contribution in [0.4, 0.5) is 0 Å². The molecule has 0 aliphatic carbocycles. The number of hydrogen-bond acceptors (Lipinski definition) is 6. The van der Waals surface area contributed by atoms with Crippen molar-refractivity contribution in [2.75, 3.05) is 7.11 Å². The summed E-state index contributed by atoms with van der Waals surface area (Å²) >= 11 is 9.17. The third-order valence-electron chi connectivity index (χ3n) is 4.94. The molecule has 156 valence electrons. The predicted molar refractivity (Wildman–Crippen MR) is 126 cm³/mol. The summed E-state index contributed by atoms with van der Waals surface area (Å²) in [4.78, 5) is 14.7. The Morgan fingerprint density at radius 3 is 2.74 bits per heavy atom. The lowest BCUT2D eigenvalue weighted by Gasteiger charge is -2.14. The summed E-state index contributed by atoms with van der Waals surface area (Å²) in [6.07, 6.45) is 0. The number of methoxy groups -OCH3 is 1. The van der Waals surface area contributed by atoms with Crippen LogP contribution in [0.1, 0.15) is 10.4 Å². The van der Waals surface area contributed by atoms with Crippen LogP contribution in [0.2, 0.25) is 4.34 Å². The van der Waals surface area contributed by atoms with Gasteiger partial charge in [-0.1, -0.05) is 41.6 Å². The number of benzene rings is 2. The minimum atomic E-state index is -0.166. The molecule has 0 amide bonds. The summed E-state index contributed by atoms with van der Waals surface area (Å²) < 4.78 is 9.81. The molecule has 3 heterocycles. The van der Waals surface area contributed by atoms with E-state index in [-0.39, 0.29) is 5.56 Å². The van der Waals surface area contributed by atoms with Gasteiger partial charge >= 0.3 is 0 Å².